The first-order valence-corrected chi connectivity index (χ1v) is 7.16. The predicted octanol–water partition coefficient (Wildman–Crippen LogP) is 4.04. The van der Waals surface area contributed by atoms with Crippen molar-refractivity contribution in [2.75, 3.05) is 11.6 Å². The minimum atomic E-state index is 0.597. The van der Waals surface area contributed by atoms with Crippen molar-refractivity contribution < 1.29 is 0 Å². The Morgan fingerprint density at radius 3 is 2.47 bits per heavy atom. The number of benzene rings is 1. The number of thioether (sulfide) groups is 1. The summed E-state index contributed by atoms with van der Waals surface area (Å²) in [6.07, 6.45) is 2.05. The van der Waals surface area contributed by atoms with Gasteiger partial charge in [-0.3, -0.25) is 4.98 Å². The van der Waals surface area contributed by atoms with E-state index in [1.807, 2.05) is 38.3 Å². The van der Waals surface area contributed by atoms with Gasteiger partial charge in [-0.25, -0.2) is 0 Å². The van der Waals surface area contributed by atoms with E-state index in [-0.39, 0.29) is 0 Å². The van der Waals surface area contributed by atoms with Crippen LogP contribution in [0, 0.1) is 25.2 Å². The van der Waals surface area contributed by atoms with E-state index in [0.717, 1.165) is 22.8 Å². The van der Waals surface area contributed by atoms with Gasteiger partial charge >= 0.3 is 0 Å². The van der Waals surface area contributed by atoms with Crippen LogP contribution in [0.3, 0.4) is 0 Å². The molecule has 2 rings (SSSR count). The van der Waals surface area contributed by atoms with Crippen LogP contribution in [-0.2, 0) is 0 Å². The largest absolute Gasteiger partial charge is 0.354 e. The maximum atomic E-state index is 9.22. The molecule has 3 nitrogen and oxygen atoms in total. The molecule has 1 heterocycles. The molecule has 0 aliphatic heterocycles. The number of aromatic nitrogens is 1. The highest BCUT2D eigenvalue weighted by Crippen LogP contribution is 2.24. The molecule has 1 aromatic heterocycles. The molecular weight excluding hydrogens is 254 g/mol. The summed E-state index contributed by atoms with van der Waals surface area (Å²) in [7, 11) is 0. The zero-order chi connectivity index (χ0) is 13.8. The second-order valence-corrected chi connectivity index (χ2v) is 5.12. The molecule has 0 bridgehead atoms. The standard InChI is InChI=1S/C15H15N3S/c1-10-8-15(14(9-16)11(2)17-10)18-12-4-6-13(19-3)7-5-12/h4-8H,1-3H3,(H,17,18). The first kappa shape index (κ1) is 13.4. The van der Waals surface area contributed by atoms with Crippen LogP contribution in [0.2, 0.25) is 0 Å². The Labute approximate surface area is 117 Å². The smallest absolute Gasteiger partial charge is 0.103 e. The van der Waals surface area contributed by atoms with Crippen molar-refractivity contribution in [2.45, 2.75) is 18.7 Å². The van der Waals surface area contributed by atoms with Gasteiger partial charge in [0, 0.05) is 16.3 Å². The SMILES string of the molecule is CSc1ccc(Nc2cc(C)nc(C)c2C#N)cc1. The summed E-state index contributed by atoms with van der Waals surface area (Å²) in [5.74, 6) is 0. The molecule has 1 aromatic carbocycles. The fraction of sp³-hybridized carbons (Fsp3) is 0.200. The molecule has 19 heavy (non-hydrogen) atoms. The van der Waals surface area contributed by atoms with Crippen LogP contribution in [0.1, 0.15) is 17.0 Å². The molecule has 0 amide bonds. The summed E-state index contributed by atoms with van der Waals surface area (Å²) in [5, 5.41) is 12.5. The second-order valence-electron chi connectivity index (χ2n) is 4.24. The van der Waals surface area contributed by atoms with E-state index in [2.05, 4.69) is 28.5 Å². The van der Waals surface area contributed by atoms with Crippen LogP contribution in [0.5, 0.6) is 0 Å². The van der Waals surface area contributed by atoms with Crippen LogP contribution in [-0.4, -0.2) is 11.2 Å². The molecule has 0 unspecified atom stereocenters. The zero-order valence-corrected chi connectivity index (χ0v) is 12.0. The van der Waals surface area contributed by atoms with Crippen LogP contribution >= 0.6 is 11.8 Å². The van der Waals surface area contributed by atoms with Crippen molar-refractivity contribution in [3.63, 3.8) is 0 Å². The van der Waals surface area contributed by atoms with Gasteiger partial charge in [-0.1, -0.05) is 0 Å². The lowest BCUT2D eigenvalue weighted by molar-refractivity contribution is 1.11. The van der Waals surface area contributed by atoms with Crippen LogP contribution in [0.15, 0.2) is 35.2 Å². The highest BCUT2D eigenvalue weighted by molar-refractivity contribution is 7.98. The first-order chi connectivity index (χ1) is 9.13. The third-order valence-corrected chi connectivity index (χ3v) is 3.55. The highest BCUT2D eigenvalue weighted by Gasteiger charge is 2.08. The van der Waals surface area contributed by atoms with Crippen molar-refractivity contribution in [2.24, 2.45) is 0 Å². The van der Waals surface area contributed by atoms with E-state index in [9.17, 15) is 5.26 Å². The summed E-state index contributed by atoms with van der Waals surface area (Å²) < 4.78 is 0. The lowest BCUT2D eigenvalue weighted by Gasteiger charge is -2.11. The topological polar surface area (TPSA) is 48.7 Å². The molecule has 0 aliphatic rings. The van der Waals surface area contributed by atoms with Gasteiger partial charge in [-0.05, 0) is 50.4 Å². The van der Waals surface area contributed by atoms with E-state index < -0.39 is 0 Å². The van der Waals surface area contributed by atoms with Crippen molar-refractivity contribution in [1.29, 1.82) is 5.26 Å². The minimum absolute atomic E-state index is 0.597. The van der Waals surface area contributed by atoms with Gasteiger partial charge in [0.2, 0.25) is 0 Å². The molecule has 4 heteroatoms. The maximum absolute atomic E-state index is 9.22. The second kappa shape index (κ2) is 5.77. The number of pyridine rings is 1. The number of hydrogen-bond acceptors (Lipinski definition) is 4. The summed E-state index contributed by atoms with van der Waals surface area (Å²) >= 11 is 1.71. The quantitative estimate of drug-likeness (QED) is 0.854. The van der Waals surface area contributed by atoms with Gasteiger partial charge in [-0.15, -0.1) is 11.8 Å². The van der Waals surface area contributed by atoms with Crippen molar-refractivity contribution >= 4 is 23.1 Å². The Balaban J connectivity index is 2.34. The summed E-state index contributed by atoms with van der Waals surface area (Å²) in [4.78, 5) is 5.52. The number of hydrogen-bond donors (Lipinski definition) is 1. The Kier molecular flexibility index (Phi) is 4.08. The molecule has 0 fully saturated rings. The summed E-state index contributed by atoms with van der Waals surface area (Å²) in [6, 6.07) is 12.2. The fourth-order valence-corrected chi connectivity index (χ4v) is 2.31. The van der Waals surface area contributed by atoms with E-state index >= 15 is 0 Å². The number of rotatable bonds is 3. The lowest BCUT2D eigenvalue weighted by Crippen LogP contribution is -1.99. The van der Waals surface area contributed by atoms with E-state index in [1.165, 1.54) is 4.90 Å². The van der Waals surface area contributed by atoms with Crippen LogP contribution in [0.4, 0.5) is 11.4 Å². The molecule has 1 N–H and O–H groups in total. The lowest BCUT2D eigenvalue weighted by atomic mass is 10.1. The van der Waals surface area contributed by atoms with Gasteiger partial charge in [-0.2, -0.15) is 5.26 Å². The van der Waals surface area contributed by atoms with Gasteiger partial charge < -0.3 is 5.32 Å². The van der Waals surface area contributed by atoms with Crippen molar-refractivity contribution in [3.05, 3.63) is 47.3 Å². The van der Waals surface area contributed by atoms with Gasteiger partial charge in [0.1, 0.15) is 6.07 Å². The molecule has 0 aliphatic carbocycles. The third-order valence-electron chi connectivity index (χ3n) is 2.81. The number of nitrogens with zero attached hydrogens (tertiary/aromatic N) is 2. The van der Waals surface area contributed by atoms with Gasteiger partial charge in [0.05, 0.1) is 16.9 Å². The predicted molar refractivity (Wildman–Crippen MR) is 79.9 cm³/mol. The molecule has 0 saturated carbocycles. The third kappa shape index (κ3) is 3.07. The fourth-order valence-electron chi connectivity index (χ4n) is 1.90. The van der Waals surface area contributed by atoms with Gasteiger partial charge in [0.15, 0.2) is 0 Å². The average molecular weight is 269 g/mol. The maximum Gasteiger partial charge on any atom is 0.103 e. The number of nitriles is 1. The van der Waals surface area contributed by atoms with E-state index in [1.54, 1.807) is 11.8 Å². The van der Waals surface area contributed by atoms with E-state index in [4.69, 9.17) is 0 Å². The van der Waals surface area contributed by atoms with Crippen molar-refractivity contribution in [3.8, 4) is 6.07 Å². The average Bonchev–Trinajstić information content (AvgIpc) is 2.39. The number of anilines is 2. The molecule has 2 aromatic rings. The molecule has 0 saturated heterocycles. The monoisotopic (exact) mass is 269 g/mol. The molecule has 0 atom stereocenters. The molecular formula is C15H15N3S. The Hall–Kier alpha value is -1.99. The molecule has 96 valence electrons. The van der Waals surface area contributed by atoms with Crippen LogP contribution < -0.4 is 5.32 Å². The molecule has 0 radical (unpaired) electrons. The summed E-state index contributed by atoms with van der Waals surface area (Å²) in [6.45, 7) is 3.78. The zero-order valence-electron chi connectivity index (χ0n) is 11.2. The normalized spacial score (nSPS) is 10.0. The van der Waals surface area contributed by atoms with Crippen molar-refractivity contribution in [1.82, 2.24) is 4.98 Å². The molecule has 0 spiro atoms. The summed E-state index contributed by atoms with van der Waals surface area (Å²) in [5.41, 5.74) is 4.04. The highest BCUT2D eigenvalue weighted by atomic mass is 32.2. The Bertz CT molecular complexity index is 627. The van der Waals surface area contributed by atoms with Crippen LogP contribution in [0.25, 0.3) is 0 Å². The Morgan fingerprint density at radius 1 is 1.21 bits per heavy atom. The number of aryl methyl sites for hydroxylation is 2. The van der Waals surface area contributed by atoms with Gasteiger partial charge in [0.25, 0.3) is 0 Å². The minimum Gasteiger partial charge on any atom is -0.354 e. The van der Waals surface area contributed by atoms with E-state index in [0.29, 0.717) is 5.56 Å². The first-order valence-electron chi connectivity index (χ1n) is 5.93. The Morgan fingerprint density at radius 2 is 1.89 bits per heavy atom. The number of nitrogens with one attached hydrogen (secondary N) is 1.